The molecule has 2 rings (SSSR count). The number of hydrogen-bond donors (Lipinski definition) is 2. The summed E-state index contributed by atoms with van der Waals surface area (Å²) in [5.41, 5.74) is -0.967. The van der Waals surface area contributed by atoms with Crippen molar-refractivity contribution in [2.24, 2.45) is 0 Å². The minimum Gasteiger partial charge on any atom is -0.508 e. The van der Waals surface area contributed by atoms with Gasteiger partial charge in [-0.2, -0.15) is 13.2 Å². The van der Waals surface area contributed by atoms with Crippen molar-refractivity contribution in [2.45, 2.75) is 12.2 Å². The van der Waals surface area contributed by atoms with Gasteiger partial charge in [0.2, 0.25) is 0 Å². The average Bonchev–Trinajstić information content (AvgIpc) is 2.40. The van der Waals surface area contributed by atoms with Gasteiger partial charge in [0.05, 0.1) is 4.92 Å². The van der Waals surface area contributed by atoms with Crippen molar-refractivity contribution in [3.63, 3.8) is 0 Å². The topological polar surface area (TPSA) is 78.6 Å². The monoisotopic (exact) mass is 377 g/mol. The van der Waals surface area contributed by atoms with Crippen LogP contribution in [0.1, 0.15) is 11.6 Å². The predicted octanol–water partition coefficient (Wildman–Crippen LogP) is 2.65. The van der Waals surface area contributed by atoms with Crippen LogP contribution in [0.4, 0.5) is 18.9 Å². The van der Waals surface area contributed by atoms with Crippen molar-refractivity contribution in [2.75, 3.05) is 26.2 Å². The fraction of sp³-hybridized carbons (Fsp3) is 0.500. The molecule has 0 amide bonds. The van der Waals surface area contributed by atoms with Crippen molar-refractivity contribution >= 4 is 30.5 Å². The van der Waals surface area contributed by atoms with Gasteiger partial charge >= 0.3 is 6.18 Å². The molecule has 0 bridgehead atoms. The van der Waals surface area contributed by atoms with E-state index in [1.807, 2.05) is 0 Å². The fourth-order valence-electron chi connectivity index (χ4n) is 2.39. The molecule has 132 valence electrons. The summed E-state index contributed by atoms with van der Waals surface area (Å²) in [6.07, 6.45) is -4.63. The van der Waals surface area contributed by atoms with Gasteiger partial charge in [-0.25, -0.2) is 0 Å². The maximum Gasteiger partial charge on any atom is 0.408 e. The number of benzene rings is 1. The standard InChI is InChI=1S/C12H14F3N3O3.2ClH/c13-12(14,15)11(17-5-3-16-4-6-17)9-7-8(18(20)21)1-2-10(9)19;;/h1-2,7,11,16,19H,3-6H2;2*1H/t11-;;/m1../s1. The fourth-order valence-corrected chi connectivity index (χ4v) is 2.39. The number of nitrogens with one attached hydrogen (secondary N) is 1. The Kier molecular flexibility index (Phi) is 8.05. The maximum absolute atomic E-state index is 13.4. The highest BCUT2D eigenvalue weighted by molar-refractivity contribution is 5.85. The number of aromatic hydroxyl groups is 1. The molecule has 6 nitrogen and oxygen atoms in total. The van der Waals surface area contributed by atoms with E-state index in [9.17, 15) is 28.4 Å². The summed E-state index contributed by atoms with van der Waals surface area (Å²) in [4.78, 5) is 11.1. The van der Waals surface area contributed by atoms with E-state index in [1.165, 1.54) is 0 Å². The zero-order valence-electron chi connectivity index (χ0n) is 11.7. The Hall–Kier alpha value is -1.29. The lowest BCUT2D eigenvalue weighted by atomic mass is 10.0. The Morgan fingerprint density at radius 3 is 2.30 bits per heavy atom. The van der Waals surface area contributed by atoms with Crippen LogP contribution in [0.2, 0.25) is 0 Å². The van der Waals surface area contributed by atoms with Crippen molar-refractivity contribution < 1.29 is 23.2 Å². The molecular weight excluding hydrogens is 362 g/mol. The van der Waals surface area contributed by atoms with E-state index in [-0.39, 0.29) is 37.9 Å². The molecule has 11 heteroatoms. The largest absolute Gasteiger partial charge is 0.508 e. The molecule has 1 aliphatic rings. The number of rotatable bonds is 3. The summed E-state index contributed by atoms with van der Waals surface area (Å²) in [6.45, 7) is 1.07. The first kappa shape index (κ1) is 21.7. The number of nitro benzene ring substituents is 1. The molecule has 0 aliphatic carbocycles. The van der Waals surface area contributed by atoms with Gasteiger partial charge in [-0.15, -0.1) is 24.8 Å². The highest BCUT2D eigenvalue weighted by atomic mass is 35.5. The summed E-state index contributed by atoms with van der Waals surface area (Å²) in [5.74, 6) is -0.596. The summed E-state index contributed by atoms with van der Waals surface area (Å²) < 4.78 is 40.1. The van der Waals surface area contributed by atoms with Crippen LogP contribution in [0, 0.1) is 10.1 Å². The molecule has 1 saturated heterocycles. The molecule has 1 aromatic carbocycles. The SMILES string of the molecule is Cl.Cl.O=[N+]([O-])c1ccc(O)c([C@@H](N2CCNCC2)C(F)(F)F)c1. The minimum atomic E-state index is -4.63. The molecule has 1 aliphatic heterocycles. The van der Waals surface area contributed by atoms with Gasteiger partial charge in [0.1, 0.15) is 11.8 Å². The van der Waals surface area contributed by atoms with Crippen LogP contribution in [-0.2, 0) is 0 Å². The number of non-ortho nitro benzene ring substituents is 1. The zero-order chi connectivity index (χ0) is 15.6. The average molecular weight is 378 g/mol. The summed E-state index contributed by atoms with van der Waals surface area (Å²) >= 11 is 0. The summed E-state index contributed by atoms with van der Waals surface area (Å²) in [5, 5.41) is 23.4. The van der Waals surface area contributed by atoms with Gasteiger partial charge in [-0.1, -0.05) is 0 Å². The number of nitro groups is 1. The Balaban J connectivity index is 0.00000242. The third-order valence-electron chi connectivity index (χ3n) is 3.34. The van der Waals surface area contributed by atoms with Gasteiger partial charge in [-0.05, 0) is 6.07 Å². The van der Waals surface area contributed by atoms with Crippen LogP contribution >= 0.6 is 24.8 Å². The molecule has 0 radical (unpaired) electrons. The highest BCUT2D eigenvalue weighted by Gasteiger charge is 2.46. The first-order valence-electron chi connectivity index (χ1n) is 6.29. The molecule has 1 atom stereocenters. The van der Waals surface area contributed by atoms with Gasteiger partial charge < -0.3 is 10.4 Å². The maximum atomic E-state index is 13.4. The number of piperazine rings is 1. The van der Waals surface area contributed by atoms with Crippen molar-refractivity contribution in [3.8, 4) is 5.75 Å². The first-order valence-corrected chi connectivity index (χ1v) is 6.29. The number of halogens is 5. The highest BCUT2D eigenvalue weighted by Crippen LogP contribution is 2.42. The van der Waals surface area contributed by atoms with Crippen molar-refractivity contribution in [1.29, 1.82) is 0 Å². The van der Waals surface area contributed by atoms with E-state index >= 15 is 0 Å². The predicted molar refractivity (Wildman–Crippen MR) is 82.5 cm³/mol. The second kappa shape index (κ2) is 8.53. The molecule has 2 N–H and O–H groups in total. The second-order valence-electron chi connectivity index (χ2n) is 4.73. The van der Waals surface area contributed by atoms with Crippen LogP contribution in [0.25, 0.3) is 0 Å². The Bertz CT molecular complexity index is 540. The van der Waals surface area contributed by atoms with Crippen LogP contribution < -0.4 is 5.32 Å². The van der Waals surface area contributed by atoms with Crippen LogP contribution in [0.3, 0.4) is 0 Å². The molecule has 0 aromatic heterocycles. The minimum absolute atomic E-state index is 0. The van der Waals surface area contributed by atoms with Crippen LogP contribution in [0.5, 0.6) is 5.75 Å². The number of phenols is 1. The van der Waals surface area contributed by atoms with Gasteiger partial charge in [0.15, 0.2) is 0 Å². The smallest absolute Gasteiger partial charge is 0.408 e. The second-order valence-corrected chi connectivity index (χ2v) is 4.73. The third kappa shape index (κ3) is 5.10. The molecule has 1 aromatic rings. The number of hydrogen-bond acceptors (Lipinski definition) is 5. The Morgan fingerprint density at radius 1 is 1.26 bits per heavy atom. The van der Waals surface area contributed by atoms with Crippen molar-refractivity contribution in [1.82, 2.24) is 10.2 Å². The quantitative estimate of drug-likeness (QED) is 0.625. The molecule has 1 heterocycles. The lowest BCUT2D eigenvalue weighted by Crippen LogP contribution is -2.49. The van der Waals surface area contributed by atoms with Crippen LogP contribution in [-0.4, -0.2) is 47.3 Å². The third-order valence-corrected chi connectivity index (χ3v) is 3.34. The zero-order valence-corrected chi connectivity index (χ0v) is 13.4. The molecule has 1 fully saturated rings. The lowest BCUT2D eigenvalue weighted by Gasteiger charge is -2.36. The van der Waals surface area contributed by atoms with Gasteiger partial charge in [-0.3, -0.25) is 15.0 Å². The van der Waals surface area contributed by atoms with E-state index < -0.39 is 34.1 Å². The normalized spacial score (nSPS) is 16.8. The van der Waals surface area contributed by atoms with E-state index in [1.54, 1.807) is 0 Å². The van der Waals surface area contributed by atoms with E-state index in [0.29, 0.717) is 13.1 Å². The van der Waals surface area contributed by atoms with Crippen molar-refractivity contribution in [3.05, 3.63) is 33.9 Å². The number of phenolic OH excluding ortho intramolecular Hbond substituents is 1. The molecular formula is C12H16Cl2F3N3O3. The number of alkyl halides is 3. The Morgan fingerprint density at radius 2 is 1.83 bits per heavy atom. The van der Waals surface area contributed by atoms with E-state index in [4.69, 9.17) is 0 Å². The summed E-state index contributed by atoms with van der Waals surface area (Å²) in [6, 6.07) is 0.632. The van der Waals surface area contributed by atoms with Gasteiger partial charge in [0.25, 0.3) is 5.69 Å². The first-order chi connectivity index (χ1) is 9.80. The molecule has 0 unspecified atom stereocenters. The number of nitrogens with zero attached hydrogens (tertiary/aromatic N) is 2. The van der Waals surface area contributed by atoms with Crippen LogP contribution in [0.15, 0.2) is 18.2 Å². The summed E-state index contributed by atoms with van der Waals surface area (Å²) in [7, 11) is 0. The molecule has 23 heavy (non-hydrogen) atoms. The van der Waals surface area contributed by atoms with E-state index in [0.717, 1.165) is 23.1 Å². The van der Waals surface area contributed by atoms with E-state index in [2.05, 4.69) is 5.32 Å². The molecule has 0 saturated carbocycles. The van der Waals surface area contributed by atoms with Gasteiger partial charge in [0, 0.05) is 43.9 Å². The molecule has 0 spiro atoms. The Labute approximate surface area is 142 Å². The lowest BCUT2D eigenvalue weighted by molar-refractivity contribution is -0.385.